The summed E-state index contributed by atoms with van der Waals surface area (Å²) in [5.74, 6) is 2.14. The Morgan fingerprint density at radius 3 is 2.86 bits per heavy atom. The number of nitrogens with zero attached hydrogens (tertiary/aromatic N) is 1. The Bertz CT molecular complexity index is 986. The van der Waals surface area contributed by atoms with Crippen LogP contribution >= 0.6 is 24.0 Å². The summed E-state index contributed by atoms with van der Waals surface area (Å²) >= 11 is 6.76. The van der Waals surface area contributed by atoms with E-state index >= 15 is 0 Å². The number of fused-ring (bicyclic) bond motifs is 1. The van der Waals surface area contributed by atoms with Crippen LogP contribution < -0.4 is 14.2 Å². The molecule has 0 atom stereocenters. The quantitative estimate of drug-likeness (QED) is 0.545. The third-order valence-corrected chi connectivity index (χ3v) is 6.08. The molecule has 0 N–H and O–H groups in total. The lowest BCUT2D eigenvalue weighted by molar-refractivity contribution is -0.122. The van der Waals surface area contributed by atoms with Gasteiger partial charge in [0.25, 0.3) is 5.91 Å². The Morgan fingerprint density at radius 2 is 2.07 bits per heavy atom. The van der Waals surface area contributed by atoms with Gasteiger partial charge in [-0.25, -0.2) is 0 Å². The second-order valence-electron chi connectivity index (χ2n) is 6.42. The van der Waals surface area contributed by atoms with Crippen molar-refractivity contribution in [1.29, 1.82) is 0 Å². The highest BCUT2D eigenvalue weighted by Crippen LogP contribution is 2.36. The van der Waals surface area contributed by atoms with E-state index in [0.717, 1.165) is 23.3 Å². The number of rotatable bonds is 5. The predicted octanol–water partition coefficient (Wildman–Crippen LogP) is 4.04. The molecule has 0 radical (unpaired) electrons. The van der Waals surface area contributed by atoms with E-state index in [9.17, 15) is 4.79 Å². The SMILES string of the molecule is COc1ccc(C=C2SC(=S)N(Cc3ccc4c(c3)OCC4)C2=O)c(OC)c1. The average molecular weight is 414 g/mol. The van der Waals surface area contributed by atoms with Gasteiger partial charge >= 0.3 is 0 Å². The van der Waals surface area contributed by atoms with Crippen LogP contribution in [-0.4, -0.2) is 36.0 Å². The second kappa shape index (κ2) is 7.85. The summed E-state index contributed by atoms with van der Waals surface area (Å²) < 4.78 is 16.8. The third-order valence-electron chi connectivity index (χ3n) is 4.70. The molecular formula is C21H19NO4S2. The van der Waals surface area contributed by atoms with E-state index < -0.39 is 0 Å². The highest BCUT2D eigenvalue weighted by Gasteiger charge is 2.32. The molecule has 28 heavy (non-hydrogen) atoms. The molecule has 0 bridgehead atoms. The summed E-state index contributed by atoms with van der Waals surface area (Å²) in [7, 11) is 3.19. The van der Waals surface area contributed by atoms with Crippen molar-refractivity contribution in [2.24, 2.45) is 0 Å². The number of carbonyl (C=O) groups is 1. The third kappa shape index (κ3) is 3.59. The van der Waals surface area contributed by atoms with E-state index in [0.29, 0.717) is 33.9 Å². The van der Waals surface area contributed by atoms with E-state index in [-0.39, 0.29) is 5.91 Å². The van der Waals surface area contributed by atoms with Crippen molar-refractivity contribution in [3.8, 4) is 17.2 Å². The van der Waals surface area contributed by atoms with Crippen molar-refractivity contribution in [1.82, 2.24) is 4.90 Å². The molecule has 2 aromatic carbocycles. The van der Waals surface area contributed by atoms with Gasteiger partial charge in [-0.1, -0.05) is 36.1 Å². The van der Waals surface area contributed by atoms with Gasteiger partial charge in [0.2, 0.25) is 0 Å². The lowest BCUT2D eigenvalue weighted by Crippen LogP contribution is -2.27. The molecule has 1 saturated heterocycles. The largest absolute Gasteiger partial charge is 0.497 e. The molecule has 0 spiro atoms. The Kier molecular flexibility index (Phi) is 5.28. The van der Waals surface area contributed by atoms with E-state index in [1.165, 1.54) is 17.3 Å². The number of amides is 1. The lowest BCUT2D eigenvalue weighted by atomic mass is 10.1. The number of benzene rings is 2. The maximum atomic E-state index is 12.9. The maximum Gasteiger partial charge on any atom is 0.266 e. The molecule has 7 heteroatoms. The van der Waals surface area contributed by atoms with Gasteiger partial charge in [0.15, 0.2) is 0 Å². The van der Waals surface area contributed by atoms with Gasteiger partial charge in [-0.2, -0.15) is 0 Å². The number of thioether (sulfide) groups is 1. The molecule has 2 aliphatic heterocycles. The first kappa shape index (κ1) is 18.8. The van der Waals surface area contributed by atoms with Gasteiger partial charge in [0.1, 0.15) is 21.6 Å². The number of methoxy groups -OCH3 is 2. The first-order valence-electron chi connectivity index (χ1n) is 8.81. The van der Waals surface area contributed by atoms with Gasteiger partial charge in [0.05, 0.1) is 32.3 Å². The molecule has 0 saturated carbocycles. The Balaban J connectivity index is 1.56. The summed E-state index contributed by atoms with van der Waals surface area (Å²) in [6.45, 7) is 1.14. The van der Waals surface area contributed by atoms with Gasteiger partial charge in [-0.15, -0.1) is 0 Å². The molecule has 4 rings (SSSR count). The number of hydrogen-bond donors (Lipinski definition) is 0. The molecule has 5 nitrogen and oxygen atoms in total. The number of ether oxygens (including phenoxy) is 3. The van der Waals surface area contributed by atoms with Gasteiger partial charge in [0, 0.05) is 18.1 Å². The number of carbonyl (C=O) groups excluding carboxylic acids is 1. The van der Waals surface area contributed by atoms with Crippen LogP contribution in [-0.2, 0) is 17.8 Å². The average Bonchev–Trinajstić information content (AvgIpc) is 3.28. The summed E-state index contributed by atoms with van der Waals surface area (Å²) in [5, 5.41) is 0. The fraction of sp³-hybridized carbons (Fsp3) is 0.238. The standard InChI is InChI=1S/C21H19NO4S2/c1-24-16-6-5-15(17(11-16)25-2)10-19-20(23)22(21(27)28-19)12-13-3-4-14-7-8-26-18(14)9-13/h3-6,9-11H,7-8,12H2,1-2H3. The highest BCUT2D eigenvalue weighted by molar-refractivity contribution is 8.26. The number of thiocarbonyl (C=S) groups is 1. The van der Waals surface area contributed by atoms with E-state index in [4.69, 9.17) is 26.4 Å². The van der Waals surface area contributed by atoms with Crippen molar-refractivity contribution in [2.75, 3.05) is 20.8 Å². The van der Waals surface area contributed by atoms with E-state index in [1.807, 2.05) is 30.3 Å². The van der Waals surface area contributed by atoms with Crippen LogP contribution in [0.1, 0.15) is 16.7 Å². The lowest BCUT2D eigenvalue weighted by Gasteiger charge is -2.15. The summed E-state index contributed by atoms with van der Waals surface area (Å²) in [5.41, 5.74) is 3.01. The zero-order valence-corrected chi connectivity index (χ0v) is 17.2. The van der Waals surface area contributed by atoms with Crippen molar-refractivity contribution in [3.05, 3.63) is 58.0 Å². The van der Waals surface area contributed by atoms with Gasteiger partial charge in [-0.05, 0) is 35.4 Å². The summed E-state index contributed by atoms with van der Waals surface area (Å²) in [6.07, 6.45) is 2.74. The van der Waals surface area contributed by atoms with Gasteiger partial charge in [-0.3, -0.25) is 9.69 Å². The van der Waals surface area contributed by atoms with Gasteiger partial charge < -0.3 is 14.2 Å². The van der Waals surface area contributed by atoms with Crippen LogP contribution in [0.3, 0.4) is 0 Å². The Labute approximate surface area is 173 Å². The van der Waals surface area contributed by atoms with E-state index in [1.54, 1.807) is 25.2 Å². The highest BCUT2D eigenvalue weighted by atomic mass is 32.2. The second-order valence-corrected chi connectivity index (χ2v) is 8.09. The first-order valence-corrected chi connectivity index (χ1v) is 10.0. The van der Waals surface area contributed by atoms with E-state index in [2.05, 4.69) is 6.07 Å². The molecule has 2 aliphatic rings. The zero-order chi connectivity index (χ0) is 19.7. The fourth-order valence-corrected chi connectivity index (χ4v) is 4.45. The van der Waals surface area contributed by atoms with Crippen molar-refractivity contribution in [3.63, 3.8) is 0 Å². The summed E-state index contributed by atoms with van der Waals surface area (Å²) in [6, 6.07) is 11.6. The smallest absolute Gasteiger partial charge is 0.266 e. The minimum absolute atomic E-state index is 0.103. The predicted molar refractivity (Wildman–Crippen MR) is 114 cm³/mol. The number of hydrogen-bond acceptors (Lipinski definition) is 6. The maximum absolute atomic E-state index is 12.9. The van der Waals surface area contributed by atoms with Crippen molar-refractivity contribution < 1.29 is 19.0 Å². The fourth-order valence-electron chi connectivity index (χ4n) is 3.21. The van der Waals surface area contributed by atoms with Crippen LogP contribution in [0.5, 0.6) is 17.2 Å². The van der Waals surface area contributed by atoms with Crippen LogP contribution in [0.4, 0.5) is 0 Å². The summed E-state index contributed by atoms with van der Waals surface area (Å²) in [4.78, 5) is 15.1. The monoisotopic (exact) mass is 413 g/mol. The molecule has 1 amide bonds. The van der Waals surface area contributed by atoms with Crippen LogP contribution in [0.2, 0.25) is 0 Å². The molecular weight excluding hydrogens is 394 g/mol. The van der Waals surface area contributed by atoms with Crippen LogP contribution in [0, 0.1) is 0 Å². The molecule has 1 fully saturated rings. The Morgan fingerprint density at radius 1 is 1.21 bits per heavy atom. The van der Waals surface area contributed by atoms with Crippen molar-refractivity contribution >= 4 is 40.3 Å². The topological polar surface area (TPSA) is 48.0 Å². The molecule has 0 aliphatic carbocycles. The minimum Gasteiger partial charge on any atom is -0.497 e. The first-order chi connectivity index (χ1) is 13.6. The Hall–Kier alpha value is -2.51. The molecule has 2 aromatic rings. The molecule has 144 valence electrons. The van der Waals surface area contributed by atoms with Crippen LogP contribution in [0.15, 0.2) is 41.3 Å². The molecule has 0 unspecified atom stereocenters. The van der Waals surface area contributed by atoms with Crippen LogP contribution in [0.25, 0.3) is 6.08 Å². The van der Waals surface area contributed by atoms with Crippen molar-refractivity contribution in [2.45, 2.75) is 13.0 Å². The molecule has 0 aromatic heterocycles. The zero-order valence-electron chi connectivity index (χ0n) is 15.6. The molecule has 2 heterocycles. The normalized spacial score (nSPS) is 17.1. The minimum atomic E-state index is -0.103.